The summed E-state index contributed by atoms with van der Waals surface area (Å²) in [7, 11) is 0. The molecule has 1 aliphatic carbocycles. The molecule has 0 heterocycles. The first-order valence-electron chi connectivity index (χ1n) is 13.1. The van der Waals surface area contributed by atoms with Crippen molar-refractivity contribution < 1.29 is 14.5 Å². The van der Waals surface area contributed by atoms with E-state index in [-0.39, 0.29) is 11.6 Å². The van der Waals surface area contributed by atoms with E-state index >= 15 is 0 Å². The summed E-state index contributed by atoms with van der Waals surface area (Å²) in [4.78, 5) is 26.7. The van der Waals surface area contributed by atoms with Gasteiger partial charge < -0.3 is 15.0 Å². The van der Waals surface area contributed by atoms with Crippen LogP contribution in [0, 0.1) is 17.0 Å². The third kappa shape index (κ3) is 6.67. The number of carbonyl (C=O) groups is 1. The maximum absolute atomic E-state index is 13.4. The number of benzene rings is 3. The molecule has 0 atom stereocenters. The topological polar surface area (TPSA) is 84.7 Å². The van der Waals surface area contributed by atoms with Gasteiger partial charge in [0.15, 0.2) is 0 Å². The largest absolute Gasteiger partial charge is 0.457 e. The van der Waals surface area contributed by atoms with Gasteiger partial charge in [-0.25, -0.2) is 0 Å². The van der Waals surface area contributed by atoms with Crippen LogP contribution in [0.3, 0.4) is 0 Å². The molecule has 0 aliphatic heterocycles. The van der Waals surface area contributed by atoms with Crippen molar-refractivity contribution >= 4 is 17.3 Å². The average Bonchev–Trinajstić information content (AvgIpc) is 2.92. The normalized spacial score (nSPS) is 13.7. The third-order valence-electron chi connectivity index (χ3n) is 6.88. The summed E-state index contributed by atoms with van der Waals surface area (Å²) >= 11 is 0. The Hall–Kier alpha value is -3.87. The number of hydrogen-bond donors (Lipinski definition) is 1. The van der Waals surface area contributed by atoms with E-state index in [1.807, 2.05) is 60.4 Å². The molecule has 1 fully saturated rings. The zero-order valence-electron chi connectivity index (χ0n) is 21.6. The number of carbonyl (C=O) groups excluding carboxylic acids is 1. The summed E-state index contributed by atoms with van der Waals surface area (Å²) in [6, 6.07) is 20.2. The zero-order chi connectivity index (χ0) is 26.2. The van der Waals surface area contributed by atoms with Crippen molar-refractivity contribution in [3.05, 3.63) is 93.5 Å². The van der Waals surface area contributed by atoms with Crippen LogP contribution in [0.15, 0.2) is 66.7 Å². The van der Waals surface area contributed by atoms with Crippen LogP contribution in [-0.4, -0.2) is 28.3 Å². The SMILES string of the molecule is CCCN(C(=O)c1cccc(CNc2cc(Oc3ccccc3C)ccc2[N+](=O)[O-])c1)C1CCCCC1. The lowest BCUT2D eigenvalue weighted by Crippen LogP contribution is -2.42. The lowest BCUT2D eigenvalue weighted by atomic mass is 9.93. The highest BCUT2D eigenvalue weighted by Crippen LogP contribution is 2.33. The molecule has 1 N–H and O–H groups in total. The third-order valence-corrected chi connectivity index (χ3v) is 6.88. The van der Waals surface area contributed by atoms with E-state index in [2.05, 4.69) is 12.2 Å². The molecule has 1 amide bonds. The predicted octanol–water partition coefficient (Wildman–Crippen LogP) is 7.49. The number of aryl methyl sites for hydroxylation is 1. The highest BCUT2D eigenvalue weighted by atomic mass is 16.6. The fourth-order valence-electron chi connectivity index (χ4n) is 4.94. The molecule has 194 valence electrons. The van der Waals surface area contributed by atoms with Crippen molar-refractivity contribution in [2.75, 3.05) is 11.9 Å². The maximum Gasteiger partial charge on any atom is 0.292 e. The average molecular weight is 502 g/mol. The van der Waals surface area contributed by atoms with Crippen LogP contribution in [0.25, 0.3) is 0 Å². The lowest BCUT2D eigenvalue weighted by molar-refractivity contribution is -0.384. The number of anilines is 1. The molecule has 0 saturated heterocycles. The molecule has 0 spiro atoms. The van der Waals surface area contributed by atoms with Gasteiger partial charge in [0.2, 0.25) is 0 Å². The van der Waals surface area contributed by atoms with E-state index in [0.29, 0.717) is 35.3 Å². The van der Waals surface area contributed by atoms with Gasteiger partial charge in [-0.15, -0.1) is 0 Å². The van der Waals surface area contributed by atoms with Gasteiger partial charge in [0.05, 0.1) is 4.92 Å². The number of amides is 1. The van der Waals surface area contributed by atoms with Crippen LogP contribution in [0.1, 0.15) is 66.9 Å². The Bertz CT molecular complexity index is 1240. The van der Waals surface area contributed by atoms with E-state index in [4.69, 9.17) is 4.74 Å². The van der Waals surface area contributed by atoms with Crippen molar-refractivity contribution in [2.45, 2.75) is 65.0 Å². The smallest absolute Gasteiger partial charge is 0.292 e. The molecule has 37 heavy (non-hydrogen) atoms. The number of hydrogen-bond acceptors (Lipinski definition) is 5. The molecular formula is C30H35N3O4. The number of nitrogens with one attached hydrogen (secondary N) is 1. The van der Waals surface area contributed by atoms with Gasteiger partial charge in [0.25, 0.3) is 11.6 Å². The van der Waals surface area contributed by atoms with Gasteiger partial charge in [-0.3, -0.25) is 14.9 Å². The first-order valence-corrected chi connectivity index (χ1v) is 13.1. The van der Waals surface area contributed by atoms with Crippen LogP contribution >= 0.6 is 0 Å². The minimum atomic E-state index is -0.410. The van der Waals surface area contributed by atoms with Gasteiger partial charge in [-0.05, 0) is 61.6 Å². The van der Waals surface area contributed by atoms with E-state index in [9.17, 15) is 14.9 Å². The van der Waals surface area contributed by atoms with E-state index in [1.54, 1.807) is 12.1 Å². The second kappa shape index (κ2) is 12.4. The quantitative estimate of drug-likeness (QED) is 0.230. The first kappa shape index (κ1) is 26.2. The number of nitro groups is 1. The molecule has 0 unspecified atom stereocenters. The minimum Gasteiger partial charge on any atom is -0.457 e. The Balaban J connectivity index is 1.50. The highest BCUT2D eigenvalue weighted by Gasteiger charge is 2.25. The minimum absolute atomic E-state index is 0.0317. The Morgan fingerprint density at radius 2 is 1.84 bits per heavy atom. The van der Waals surface area contributed by atoms with Gasteiger partial charge in [-0.2, -0.15) is 0 Å². The number of nitro benzene ring substituents is 1. The Morgan fingerprint density at radius 3 is 2.57 bits per heavy atom. The molecule has 3 aromatic rings. The molecule has 0 aromatic heterocycles. The van der Waals surface area contributed by atoms with E-state index < -0.39 is 4.92 Å². The number of nitrogens with zero attached hydrogens (tertiary/aromatic N) is 2. The monoisotopic (exact) mass is 501 g/mol. The summed E-state index contributed by atoms with van der Waals surface area (Å²) in [6.45, 7) is 5.15. The van der Waals surface area contributed by atoms with Crippen LogP contribution < -0.4 is 10.1 Å². The van der Waals surface area contributed by atoms with E-state index in [0.717, 1.165) is 36.9 Å². The molecule has 4 rings (SSSR count). The Morgan fingerprint density at radius 1 is 1.05 bits per heavy atom. The number of rotatable bonds is 10. The fourth-order valence-corrected chi connectivity index (χ4v) is 4.94. The first-order chi connectivity index (χ1) is 18.0. The van der Waals surface area contributed by atoms with Gasteiger partial charge in [0, 0.05) is 36.8 Å². The Kier molecular flexibility index (Phi) is 8.77. The lowest BCUT2D eigenvalue weighted by Gasteiger charge is -2.34. The van der Waals surface area contributed by atoms with Gasteiger partial charge in [0.1, 0.15) is 17.2 Å². The second-order valence-electron chi connectivity index (χ2n) is 9.65. The summed E-state index contributed by atoms with van der Waals surface area (Å²) < 4.78 is 5.98. The fraction of sp³-hybridized carbons (Fsp3) is 0.367. The highest BCUT2D eigenvalue weighted by molar-refractivity contribution is 5.94. The molecule has 7 heteroatoms. The predicted molar refractivity (Wildman–Crippen MR) is 146 cm³/mol. The molecule has 0 bridgehead atoms. The van der Waals surface area contributed by atoms with Crippen LogP contribution in [0.2, 0.25) is 0 Å². The molecule has 7 nitrogen and oxygen atoms in total. The van der Waals surface area contributed by atoms with Crippen LogP contribution in [0.4, 0.5) is 11.4 Å². The summed E-state index contributed by atoms with van der Waals surface area (Å²) in [5, 5.41) is 14.9. The van der Waals surface area contributed by atoms with Crippen molar-refractivity contribution in [2.24, 2.45) is 0 Å². The van der Waals surface area contributed by atoms with Gasteiger partial charge in [-0.1, -0.05) is 56.5 Å². The Labute approximate surface area is 218 Å². The number of para-hydroxylation sites is 1. The van der Waals surface area contributed by atoms with Crippen molar-refractivity contribution in [3.63, 3.8) is 0 Å². The van der Waals surface area contributed by atoms with Crippen molar-refractivity contribution in [1.29, 1.82) is 0 Å². The van der Waals surface area contributed by atoms with Crippen LogP contribution in [-0.2, 0) is 6.54 Å². The molecule has 1 saturated carbocycles. The van der Waals surface area contributed by atoms with Crippen molar-refractivity contribution in [3.8, 4) is 11.5 Å². The maximum atomic E-state index is 13.4. The number of ether oxygens (including phenoxy) is 1. The van der Waals surface area contributed by atoms with Crippen LogP contribution in [0.5, 0.6) is 11.5 Å². The summed E-state index contributed by atoms with van der Waals surface area (Å²) in [6.07, 6.45) is 6.65. The molecule has 3 aromatic carbocycles. The van der Waals surface area contributed by atoms with E-state index in [1.165, 1.54) is 25.3 Å². The molecule has 0 radical (unpaired) electrons. The molecular weight excluding hydrogens is 466 g/mol. The standard InChI is InChI=1S/C30H35N3O4/c1-3-18-32(25-13-5-4-6-14-25)30(34)24-12-9-11-23(19-24)21-31-27-20-26(16-17-28(27)33(35)36)37-29-15-8-7-10-22(29)2/h7-12,15-17,19-20,25,31H,3-6,13-14,18,21H2,1-2H3. The second-order valence-corrected chi connectivity index (χ2v) is 9.65. The zero-order valence-corrected chi connectivity index (χ0v) is 21.6. The summed E-state index contributed by atoms with van der Waals surface area (Å²) in [5.74, 6) is 1.27. The summed E-state index contributed by atoms with van der Waals surface area (Å²) in [5.41, 5.74) is 2.84. The molecule has 1 aliphatic rings. The van der Waals surface area contributed by atoms with Crippen molar-refractivity contribution in [1.82, 2.24) is 4.90 Å². The van der Waals surface area contributed by atoms with Gasteiger partial charge >= 0.3 is 0 Å².